The van der Waals surface area contributed by atoms with Crippen LogP contribution >= 0.6 is 0 Å². The van der Waals surface area contributed by atoms with E-state index in [-0.39, 0.29) is 16.9 Å². The van der Waals surface area contributed by atoms with Crippen LogP contribution in [-0.4, -0.2) is 29.0 Å². The molecule has 0 aliphatic carbocycles. The van der Waals surface area contributed by atoms with Crippen molar-refractivity contribution in [2.75, 3.05) is 12.1 Å². The van der Waals surface area contributed by atoms with E-state index in [2.05, 4.69) is 5.43 Å². The van der Waals surface area contributed by atoms with Gasteiger partial charge in [-0.25, -0.2) is 5.01 Å². The molecule has 1 heterocycles. The van der Waals surface area contributed by atoms with Crippen molar-refractivity contribution in [2.45, 2.75) is 13.8 Å². The van der Waals surface area contributed by atoms with Gasteiger partial charge in [-0.15, -0.1) is 0 Å². The number of aromatic hydroxyl groups is 1. The molecule has 1 fully saturated rings. The average Bonchev–Trinajstić information content (AvgIpc) is 2.93. The molecule has 28 heavy (non-hydrogen) atoms. The van der Waals surface area contributed by atoms with Crippen molar-refractivity contribution in [2.24, 2.45) is 0 Å². The number of nitro groups is 1. The van der Waals surface area contributed by atoms with E-state index >= 15 is 0 Å². The van der Waals surface area contributed by atoms with Crippen LogP contribution < -0.4 is 15.2 Å². The van der Waals surface area contributed by atoms with Gasteiger partial charge in [-0.05, 0) is 54.8 Å². The van der Waals surface area contributed by atoms with Gasteiger partial charge in [0.2, 0.25) is 5.75 Å². The maximum Gasteiger partial charge on any atom is 0.315 e. The van der Waals surface area contributed by atoms with Crippen LogP contribution in [0.1, 0.15) is 16.7 Å². The fourth-order valence-electron chi connectivity index (χ4n) is 2.76. The largest absolute Gasteiger partial charge is 0.500 e. The Morgan fingerprint density at radius 3 is 2.50 bits per heavy atom. The predicted octanol–water partition coefficient (Wildman–Crippen LogP) is 2.39. The highest BCUT2D eigenvalue weighted by Crippen LogP contribution is 2.37. The van der Waals surface area contributed by atoms with Gasteiger partial charge in [0.1, 0.15) is 5.57 Å². The van der Waals surface area contributed by atoms with Crippen molar-refractivity contribution in [3.63, 3.8) is 0 Å². The normalized spacial score (nSPS) is 15.1. The Hall–Kier alpha value is -3.88. The number of hydrazine groups is 1. The molecule has 3 rings (SSSR count). The first-order valence-electron chi connectivity index (χ1n) is 8.22. The summed E-state index contributed by atoms with van der Waals surface area (Å²) in [6.07, 6.45) is 1.22. The highest BCUT2D eigenvalue weighted by molar-refractivity contribution is 6.31. The maximum absolute atomic E-state index is 12.7. The molecule has 0 bridgehead atoms. The third-order valence-corrected chi connectivity index (χ3v) is 4.44. The molecule has 9 heteroatoms. The molecule has 1 aliphatic rings. The lowest BCUT2D eigenvalue weighted by Gasteiger charge is -2.16. The standard InChI is InChI=1S/C19H17N3O6/c1-10-4-5-13(6-11(10)2)21-19(25)14(18(24)20-21)7-12-8-15(22(26)27)17(23)16(9-12)28-3/h4-9,23H,1-3H3,(H,20,24). The minimum Gasteiger partial charge on any atom is -0.500 e. The number of aryl methyl sites for hydroxylation is 2. The SMILES string of the molecule is COc1cc(C=C2C(=O)NN(c3ccc(C)c(C)c3)C2=O)cc([N+](=O)[O-])c1O. The first kappa shape index (κ1) is 18.9. The summed E-state index contributed by atoms with van der Waals surface area (Å²) >= 11 is 0. The van der Waals surface area contributed by atoms with Crippen molar-refractivity contribution >= 4 is 29.3 Å². The number of anilines is 1. The number of phenols is 1. The van der Waals surface area contributed by atoms with Gasteiger partial charge in [-0.3, -0.25) is 25.1 Å². The molecule has 144 valence electrons. The number of amides is 2. The van der Waals surface area contributed by atoms with Gasteiger partial charge in [-0.2, -0.15) is 0 Å². The molecule has 2 aromatic rings. The summed E-state index contributed by atoms with van der Waals surface area (Å²) in [5.41, 5.74) is 4.35. The van der Waals surface area contributed by atoms with Crippen molar-refractivity contribution in [3.05, 3.63) is 62.7 Å². The molecular formula is C19H17N3O6. The average molecular weight is 383 g/mol. The Bertz CT molecular complexity index is 1040. The zero-order chi connectivity index (χ0) is 20.6. The Labute approximate surface area is 160 Å². The quantitative estimate of drug-likeness (QED) is 0.362. The number of hydrogen-bond acceptors (Lipinski definition) is 6. The Balaban J connectivity index is 2.02. The van der Waals surface area contributed by atoms with E-state index in [1.807, 2.05) is 19.9 Å². The number of hydrogen-bond donors (Lipinski definition) is 2. The number of benzene rings is 2. The van der Waals surface area contributed by atoms with Crippen LogP contribution in [0, 0.1) is 24.0 Å². The first-order chi connectivity index (χ1) is 13.2. The van der Waals surface area contributed by atoms with Crippen molar-refractivity contribution < 1.29 is 24.4 Å². The zero-order valence-corrected chi connectivity index (χ0v) is 15.3. The van der Waals surface area contributed by atoms with Gasteiger partial charge < -0.3 is 9.84 Å². The second-order valence-electron chi connectivity index (χ2n) is 6.26. The van der Waals surface area contributed by atoms with E-state index in [4.69, 9.17) is 4.74 Å². The molecule has 2 amide bonds. The number of nitrogens with one attached hydrogen (secondary N) is 1. The van der Waals surface area contributed by atoms with E-state index < -0.39 is 28.2 Å². The van der Waals surface area contributed by atoms with Crippen LogP contribution in [0.5, 0.6) is 11.5 Å². The molecule has 1 saturated heterocycles. The van der Waals surface area contributed by atoms with Crippen LogP contribution in [-0.2, 0) is 9.59 Å². The first-order valence-corrected chi connectivity index (χ1v) is 8.22. The van der Waals surface area contributed by atoms with Gasteiger partial charge in [0.05, 0.1) is 17.7 Å². The van der Waals surface area contributed by atoms with Crippen molar-refractivity contribution in [3.8, 4) is 11.5 Å². The highest BCUT2D eigenvalue weighted by atomic mass is 16.6. The van der Waals surface area contributed by atoms with Gasteiger partial charge in [0, 0.05) is 6.07 Å². The molecule has 9 nitrogen and oxygen atoms in total. The Morgan fingerprint density at radius 2 is 1.89 bits per heavy atom. The summed E-state index contributed by atoms with van der Waals surface area (Å²) in [5, 5.41) is 22.1. The number of carbonyl (C=O) groups is 2. The van der Waals surface area contributed by atoms with Crippen LogP contribution in [0.3, 0.4) is 0 Å². The van der Waals surface area contributed by atoms with Gasteiger partial charge in [0.15, 0.2) is 5.75 Å². The van der Waals surface area contributed by atoms with Crippen molar-refractivity contribution in [1.82, 2.24) is 5.43 Å². The van der Waals surface area contributed by atoms with E-state index in [1.165, 1.54) is 19.3 Å². The fraction of sp³-hybridized carbons (Fsp3) is 0.158. The summed E-state index contributed by atoms with van der Waals surface area (Å²) in [5.74, 6) is -2.01. The Morgan fingerprint density at radius 1 is 1.18 bits per heavy atom. The summed E-state index contributed by atoms with van der Waals surface area (Å²) in [7, 11) is 1.24. The number of phenolic OH excluding ortho intramolecular Hbond substituents is 1. The van der Waals surface area contributed by atoms with E-state index in [0.717, 1.165) is 22.2 Å². The lowest BCUT2D eigenvalue weighted by molar-refractivity contribution is -0.386. The maximum atomic E-state index is 12.7. The summed E-state index contributed by atoms with van der Waals surface area (Å²) in [6, 6.07) is 7.67. The number of methoxy groups -OCH3 is 1. The molecule has 0 radical (unpaired) electrons. The van der Waals surface area contributed by atoms with E-state index in [0.29, 0.717) is 5.69 Å². The summed E-state index contributed by atoms with van der Waals surface area (Å²) in [6.45, 7) is 3.82. The van der Waals surface area contributed by atoms with Crippen LogP contribution in [0.25, 0.3) is 6.08 Å². The molecular weight excluding hydrogens is 366 g/mol. The molecule has 2 aromatic carbocycles. The lowest BCUT2D eigenvalue weighted by atomic mass is 10.1. The summed E-state index contributed by atoms with van der Waals surface area (Å²) in [4.78, 5) is 35.4. The highest BCUT2D eigenvalue weighted by Gasteiger charge is 2.35. The topological polar surface area (TPSA) is 122 Å². The van der Waals surface area contributed by atoms with E-state index in [9.17, 15) is 24.8 Å². The van der Waals surface area contributed by atoms with Gasteiger partial charge in [0.25, 0.3) is 11.8 Å². The molecule has 2 N–H and O–H groups in total. The second-order valence-corrected chi connectivity index (χ2v) is 6.26. The lowest BCUT2D eigenvalue weighted by Crippen LogP contribution is -2.35. The number of carbonyl (C=O) groups excluding carboxylic acids is 2. The van der Waals surface area contributed by atoms with Crippen molar-refractivity contribution in [1.29, 1.82) is 0 Å². The molecule has 0 aromatic heterocycles. The number of ether oxygens (including phenoxy) is 1. The predicted molar refractivity (Wildman–Crippen MR) is 101 cm³/mol. The second kappa shape index (κ2) is 7.03. The van der Waals surface area contributed by atoms with E-state index in [1.54, 1.807) is 12.1 Å². The molecule has 0 atom stereocenters. The summed E-state index contributed by atoms with van der Waals surface area (Å²) < 4.78 is 4.93. The minimum atomic E-state index is -0.780. The smallest absolute Gasteiger partial charge is 0.315 e. The number of nitro benzene ring substituents is 1. The molecule has 1 aliphatic heterocycles. The van der Waals surface area contributed by atoms with Gasteiger partial charge in [-0.1, -0.05) is 6.07 Å². The number of rotatable bonds is 4. The van der Waals surface area contributed by atoms with Gasteiger partial charge >= 0.3 is 5.69 Å². The van der Waals surface area contributed by atoms with Crippen LogP contribution in [0.2, 0.25) is 0 Å². The minimum absolute atomic E-state index is 0.141. The molecule has 0 spiro atoms. The number of nitrogens with zero attached hydrogens (tertiary/aromatic N) is 2. The zero-order valence-electron chi connectivity index (χ0n) is 15.3. The van der Waals surface area contributed by atoms with Crippen LogP contribution in [0.15, 0.2) is 35.9 Å². The Kier molecular flexibility index (Phi) is 4.74. The fourth-order valence-corrected chi connectivity index (χ4v) is 2.76. The molecule has 0 saturated carbocycles. The third kappa shape index (κ3) is 3.25. The monoisotopic (exact) mass is 383 g/mol. The van der Waals surface area contributed by atoms with Crippen LogP contribution in [0.4, 0.5) is 11.4 Å². The molecule has 0 unspecified atom stereocenters. The third-order valence-electron chi connectivity index (χ3n) is 4.44.